The van der Waals surface area contributed by atoms with Crippen molar-refractivity contribution < 1.29 is 14.3 Å². The van der Waals surface area contributed by atoms with E-state index in [1.54, 1.807) is 6.92 Å². The lowest BCUT2D eigenvalue weighted by atomic mass is 10.0. The highest BCUT2D eigenvalue weighted by atomic mass is 16.5. The highest BCUT2D eigenvalue weighted by Gasteiger charge is 2.39. The van der Waals surface area contributed by atoms with Gasteiger partial charge in [-0.25, -0.2) is 0 Å². The van der Waals surface area contributed by atoms with Gasteiger partial charge in [0.1, 0.15) is 0 Å². The molecule has 5 rings (SSSR count). The average molecular weight is 438 g/mol. The summed E-state index contributed by atoms with van der Waals surface area (Å²) in [5.41, 5.74) is 3.66. The molecule has 3 heterocycles. The first-order valence-electron chi connectivity index (χ1n) is 11.6. The maximum Gasteiger partial charge on any atom is 0.230 e. The molecule has 2 amide bonds. The number of aromatic nitrogens is 2. The third-order valence-corrected chi connectivity index (χ3v) is 6.66. The van der Waals surface area contributed by atoms with E-state index in [2.05, 4.69) is 16.2 Å². The van der Waals surface area contributed by atoms with Crippen LogP contribution in [0.1, 0.15) is 26.7 Å². The zero-order chi connectivity index (χ0) is 22.2. The van der Waals surface area contributed by atoms with Crippen molar-refractivity contribution in [1.82, 2.24) is 14.7 Å². The molecule has 1 unspecified atom stereocenters. The van der Waals surface area contributed by atoms with Crippen molar-refractivity contribution in [2.45, 2.75) is 39.3 Å². The van der Waals surface area contributed by atoms with Crippen LogP contribution in [0.5, 0.6) is 0 Å². The lowest BCUT2D eigenvalue weighted by molar-refractivity contribution is -0.120. The standard InChI is InChI=1S/C24H31N5O3/c1-17-15-28(24(31)19-3-4-19)23-13-20(5-6-22(23)29(17)18(2)30)21-14-25-27(16-21)8-7-26-9-11-32-12-10-26/h5-6,13-14,16-17,19H,3-4,7-12,15H2,1-2H3. The van der Waals surface area contributed by atoms with Gasteiger partial charge in [0, 0.05) is 50.8 Å². The Morgan fingerprint density at radius 1 is 1.09 bits per heavy atom. The number of carbonyl (C=O) groups is 2. The SMILES string of the molecule is CC(=O)N1c2ccc(-c3cnn(CCN4CCOCC4)c3)cc2N(C(=O)C2CC2)CC1C. The van der Waals surface area contributed by atoms with Gasteiger partial charge in [0.15, 0.2) is 0 Å². The smallest absolute Gasteiger partial charge is 0.230 e. The van der Waals surface area contributed by atoms with Crippen molar-refractivity contribution in [3.8, 4) is 11.1 Å². The Morgan fingerprint density at radius 3 is 2.59 bits per heavy atom. The minimum Gasteiger partial charge on any atom is -0.379 e. The maximum atomic E-state index is 13.0. The second kappa shape index (κ2) is 8.67. The van der Waals surface area contributed by atoms with E-state index in [0.717, 1.165) is 74.7 Å². The van der Waals surface area contributed by atoms with Crippen LogP contribution in [0, 0.1) is 5.92 Å². The monoisotopic (exact) mass is 437 g/mol. The van der Waals surface area contributed by atoms with E-state index in [0.29, 0.717) is 6.54 Å². The number of rotatable bonds is 5. The van der Waals surface area contributed by atoms with E-state index in [1.165, 1.54) is 0 Å². The molecule has 1 saturated carbocycles. The van der Waals surface area contributed by atoms with E-state index in [1.807, 2.05) is 45.8 Å². The fraction of sp³-hybridized carbons (Fsp3) is 0.542. The highest BCUT2D eigenvalue weighted by Crippen LogP contribution is 2.42. The molecule has 2 aliphatic heterocycles. The van der Waals surface area contributed by atoms with Crippen LogP contribution in [-0.4, -0.2) is 71.9 Å². The molecule has 0 radical (unpaired) electrons. The van der Waals surface area contributed by atoms with Crippen molar-refractivity contribution in [2.75, 3.05) is 49.2 Å². The number of nitrogens with zero attached hydrogens (tertiary/aromatic N) is 5. The fourth-order valence-corrected chi connectivity index (χ4v) is 4.75. The lowest BCUT2D eigenvalue weighted by Crippen LogP contribution is -2.51. The zero-order valence-electron chi connectivity index (χ0n) is 18.9. The number of amides is 2. The van der Waals surface area contributed by atoms with Gasteiger partial charge in [-0.3, -0.25) is 19.2 Å². The molecule has 32 heavy (non-hydrogen) atoms. The van der Waals surface area contributed by atoms with Crippen LogP contribution in [0.2, 0.25) is 0 Å². The van der Waals surface area contributed by atoms with Crippen LogP contribution < -0.4 is 9.80 Å². The molecule has 1 atom stereocenters. The fourth-order valence-electron chi connectivity index (χ4n) is 4.75. The van der Waals surface area contributed by atoms with Gasteiger partial charge in [-0.1, -0.05) is 6.07 Å². The van der Waals surface area contributed by atoms with E-state index in [-0.39, 0.29) is 23.8 Å². The van der Waals surface area contributed by atoms with E-state index in [4.69, 9.17) is 4.74 Å². The number of morpholine rings is 1. The summed E-state index contributed by atoms with van der Waals surface area (Å²) in [6.07, 6.45) is 5.86. The van der Waals surface area contributed by atoms with Gasteiger partial charge in [0.05, 0.1) is 43.4 Å². The zero-order valence-corrected chi connectivity index (χ0v) is 18.9. The quantitative estimate of drug-likeness (QED) is 0.718. The highest BCUT2D eigenvalue weighted by molar-refractivity contribution is 6.06. The molecule has 3 aliphatic rings. The number of anilines is 2. The molecule has 0 N–H and O–H groups in total. The summed E-state index contributed by atoms with van der Waals surface area (Å²) in [7, 11) is 0. The van der Waals surface area contributed by atoms with Crippen LogP contribution in [0.15, 0.2) is 30.6 Å². The molecule has 170 valence electrons. The van der Waals surface area contributed by atoms with Crippen LogP contribution in [0.25, 0.3) is 11.1 Å². The van der Waals surface area contributed by atoms with Gasteiger partial charge < -0.3 is 14.5 Å². The normalized spacial score (nSPS) is 21.5. The summed E-state index contributed by atoms with van der Waals surface area (Å²) in [5, 5.41) is 4.55. The predicted molar refractivity (Wildman–Crippen MR) is 123 cm³/mol. The summed E-state index contributed by atoms with van der Waals surface area (Å²) in [6, 6.07) is 5.99. The van der Waals surface area contributed by atoms with E-state index in [9.17, 15) is 9.59 Å². The molecule has 0 bridgehead atoms. The van der Waals surface area contributed by atoms with Crippen molar-refractivity contribution in [3.05, 3.63) is 30.6 Å². The largest absolute Gasteiger partial charge is 0.379 e. The average Bonchev–Trinajstić information content (AvgIpc) is 3.54. The number of hydrogen-bond donors (Lipinski definition) is 0. The molecule has 1 saturated heterocycles. The van der Waals surface area contributed by atoms with Crippen molar-refractivity contribution in [2.24, 2.45) is 5.92 Å². The Kier molecular flexibility index (Phi) is 5.73. The Labute approximate surface area is 188 Å². The maximum absolute atomic E-state index is 13.0. The van der Waals surface area contributed by atoms with Gasteiger partial charge in [-0.05, 0) is 37.5 Å². The number of ether oxygens (including phenoxy) is 1. The van der Waals surface area contributed by atoms with Crippen molar-refractivity contribution in [1.29, 1.82) is 0 Å². The second-order valence-corrected chi connectivity index (χ2v) is 9.11. The van der Waals surface area contributed by atoms with Crippen molar-refractivity contribution in [3.63, 3.8) is 0 Å². The summed E-state index contributed by atoms with van der Waals surface area (Å²) in [6.45, 7) is 9.43. The molecular formula is C24H31N5O3. The van der Waals surface area contributed by atoms with Gasteiger partial charge in [-0.15, -0.1) is 0 Å². The first-order chi connectivity index (χ1) is 15.5. The molecule has 1 aromatic carbocycles. The Balaban J connectivity index is 1.40. The number of hydrogen-bond acceptors (Lipinski definition) is 5. The molecule has 0 spiro atoms. The van der Waals surface area contributed by atoms with Gasteiger partial charge in [0.2, 0.25) is 11.8 Å². The van der Waals surface area contributed by atoms with E-state index < -0.39 is 0 Å². The second-order valence-electron chi connectivity index (χ2n) is 9.11. The minimum atomic E-state index is -0.0449. The molecule has 2 aromatic rings. The number of benzene rings is 1. The summed E-state index contributed by atoms with van der Waals surface area (Å²) < 4.78 is 7.39. The van der Waals surface area contributed by atoms with Gasteiger partial charge in [-0.2, -0.15) is 5.10 Å². The first kappa shape index (κ1) is 21.2. The molecule has 1 aromatic heterocycles. The number of fused-ring (bicyclic) bond motifs is 1. The summed E-state index contributed by atoms with van der Waals surface area (Å²) >= 11 is 0. The molecular weight excluding hydrogens is 406 g/mol. The first-order valence-corrected chi connectivity index (χ1v) is 11.6. The molecule has 2 fully saturated rings. The molecule has 8 heteroatoms. The Hall–Kier alpha value is -2.71. The minimum absolute atomic E-state index is 0.000883. The van der Waals surface area contributed by atoms with Crippen LogP contribution in [0.4, 0.5) is 11.4 Å². The van der Waals surface area contributed by atoms with Gasteiger partial charge >= 0.3 is 0 Å². The Morgan fingerprint density at radius 2 is 1.88 bits per heavy atom. The molecule has 1 aliphatic carbocycles. The van der Waals surface area contributed by atoms with Crippen LogP contribution in [0.3, 0.4) is 0 Å². The molecule has 8 nitrogen and oxygen atoms in total. The lowest BCUT2D eigenvalue weighted by Gasteiger charge is -2.41. The summed E-state index contributed by atoms with van der Waals surface area (Å²) in [4.78, 5) is 31.5. The van der Waals surface area contributed by atoms with Crippen molar-refractivity contribution >= 4 is 23.2 Å². The van der Waals surface area contributed by atoms with Gasteiger partial charge in [0.25, 0.3) is 0 Å². The van der Waals surface area contributed by atoms with Crippen LogP contribution in [-0.2, 0) is 20.9 Å². The Bertz CT molecular complexity index is 1010. The third-order valence-electron chi connectivity index (χ3n) is 6.66. The predicted octanol–water partition coefficient (Wildman–Crippen LogP) is 2.38. The third kappa shape index (κ3) is 4.17. The summed E-state index contributed by atoms with van der Waals surface area (Å²) in [5.74, 6) is 0.311. The van der Waals surface area contributed by atoms with E-state index >= 15 is 0 Å². The van der Waals surface area contributed by atoms with Crippen LogP contribution >= 0.6 is 0 Å². The topological polar surface area (TPSA) is 70.9 Å². The number of carbonyl (C=O) groups excluding carboxylic acids is 2.